The van der Waals surface area contributed by atoms with Gasteiger partial charge in [0.1, 0.15) is 5.69 Å². The van der Waals surface area contributed by atoms with E-state index in [0.29, 0.717) is 5.69 Å². The lowest BCUT2D eigenvalue weighted by Gasteiger charge is -2.05. The fourth-order valence-electron chi connectivity index (χ4n) is 0.844. The molecule has 1 rings (SSSR count). The zero-order valence-corrected chi connectivity index (χ0v) is 9.12. The van der Waals surface area contributed by atoms with Gasteiger partial charge in [-0.15, -0.1) is 24.8 Å². The molecule has 0 radical (unpaired) electrons. The van der Waals surface area contributed by atoms with Crippen molar-refractivity contribution >= 4 is 24.8 Å². The van der Waals surface area contributed by atoms with Crippen LogP contribution in [0.1, 0.15) is 30.8 Å². The van der Waals surface area contributed by atoms with Crippen molar-refractivity contribution in [1.29, 1.82) is 0 Å². The van der Waals surface area contributed by atoms with Crippen LogP contribution in [0.2, 0.25) is 0 Å². The highest BCUT2D eigenvalue weighted by molar-refractivity contribution is 5.85. The van der Waals surface area contributed by atoms with Gasteiger partial charge in [-0.1, -0.05) is 6.07 Å². The van der Waals surface area contributed by atoms with Crippen LogP contribution in [0.15, 0.2) is 18.2 Å². The summed E-state index contributed by atoms with van der Waals surface area (Å²) in [7, 11) is 0. The van der Waals surface area contributed by atoms with Crippen molar-refractivity contribution in [3.8, 4) is 0 Å². The Kier molecular flexibility index (Phi) is 7.91. The Morgan fingerprint density at radius 1 is 1.21 bits per heavy atom. The van der Waals surface area contributed by atoms with Crippen LogP contribution in [-0.4, -0.2) is 4.98 Å². The van der Waals surface area contributed by atoms with Crippen LogP contribution in [0.4, 0.5) is 8.78 Å². The first-order valence-electron chi connectivity index (χ1n) is 3.62. The van der Waals surface area contributed by atoms with Crippen LogP contribution in [0.5, 0.6) is 0 Å². The summed E-state index contributed by atoms with van der Waals surface area (Å²) < 4.78 is 24.2. The maximum absolute atomic E-state index is 12.1. The molecule has 0 unspecified atom stereocenters. The van der Waals surface area contributed by atoms with Crippen LogP contribution in [0.25, 0.3) is 0 Å². The lowest BCUT2D eigenvalue weighted by Crippen LogP contribution is -2.08. The van der Waals surface area contributed by atoms with Crippen LogP contribution in [0.3, 0.4) is 0 Å². The average Bonchev–Trinajstić information content (AvgIpc) is 2.04. The van der Waals surface area contributed by atoms with E-state index in [4.69, 9.17) is 5.73 Å². The summed E-state index contributed by atoms with van der Waals surface area (Å²) in [6.07, 6.45) is -2.52. The Balaban J connectivity index is 0. The van der Waals surface area contributed by atoms with E-state index in [1.165, 1.54) is 12.1 Å². The highest BCUT2D eigenvalue weighted by Gasteiger charge is 2.09. The van der Waals surface area contributed by atoms with Gasteiger partial charge < -0.3 is 5.73 Å². The fraction of sp³-hybridized carbons (Fsp3) is 0.375. The Morgan fingerprint density at radius 3 is 2.14 bits per heavy atom. The summed E-state index contributed by atoms with van der Waals surface area (Å²) in [6.45, 7) is 1.71. The lowest BCUT2D eigenvalue weighted by molar-refractivity contribution is 0.145. The molecule has 0 aliphatic carbocycles. The first-order valence-corrected chi connectivity index (χ1v) is 3.62. The number of hydrogen-bond donors (Lipinski definition) is 1. The quantitative estimate of drug-likeness (QED) is 0.869. The second-order valence-electron chi connectivity index (χ2n) is 2.58. The maximum Gasteiger partial charge on any atom is 0.280 e. The minimum absolute atomic E-state index is 0. The van der Waals surface area contributed by atoms with Gasteiger partial charge in [0.15, 0.2) is 0 Å². The van der Waals surface area contributed by atoms with Crippen molar-refractivity contribution in [2.24, 2.45) is 5.73 Å². The van der Waals surface area contributed by atoms with Crippen molar-refractivity contribution < 1.29 is 8.78 Å². The lowest BCUT2D eigenvalue weighted by atomic mass is 10.2. The fourth-order valence-corrected chi connectivity index (χ4v) is 0.844. The van der Waals surface area contributed by atoms with Crippen LogP contribution in [0, 0.1) is 0 Å². The number of pyridine rings is 1. The molecule has 0 aliphatic heterocycles. The summed E-state index contributed by atoms with van der Waals surface area (Å²) in [4.78, 5) is 3.70. The van der Waals surface area contributed by atoms with Crippen LogP contribution in [-0.2, 0) is 0 Å². The smallest absolute Gasteiger partial charge is 0.280 e. The highest BCUT2D eigenvalue weighted by Crippen LogP contribution is 2.17. The standard InChI is InChI=1S/C8H10F2N2.2ClH/c1-5(11)6-3-2-4-7(12-6)8(9)10;;/h2-5,8H,11H2,1H3;2*1H/t5-;;/m1../s1. The van der Waals surface area contributed by atoms with E-state index < -0.39 is 6.43 Å². The predicted octanol–water partition coefficient (Wildman–Crippen LogP) is 2.88. The molecule has 0 bridgehead atoms. The maximum atomic E-state index is 12.1. The summed E-state index contributed by atoms with van der Waals surface area (Å²) in [5, 5.41) is 0. The van der Waals surface area contributed by atoms with E-state index in [-0.39, 0.29) is 36.5 Å². The van der Waals surface area contributed by atoms with E-state index in [9.17, 15) is 8.78 Å². The van der Waals surface area contributed by atoms with E-state index >= 15 is 0 Å². The van der Waals surface area contributed by atoms with Gasteiger partial charge in [0.05, 0.1) is 5.69 Å². The molecule has 1 atom stereocenters. The van der Waals surface area contributed by atoms with E-state index in [1.54, 1.807) is 13.0 Å². The van der Waals surface area contributed by atoms with Gasteiger partial charge in [0, 0.05) is 6.04 Å². The Bertz CT molecular complexity index is 246. The minimum atomic E-state index is -2.52. The minimum Gasteiger partial charge on any atom is -0.323 e. The second kappa shape index (κ2) is 6.92. The number of rotatable bonds is 2. The van der Waals surface area contributed by atoms with Gasteiger partial charge in [-0.2, -0.15) is 0 Å². The third-order valence-corrected chi connectivity index (χ3v) is 1.48. The number of nitrogens with two attached hydrogens (primary N) is 1. The van der Waals surface area contributed by atoms with Gasteiger partial charge in [0.25, 0.3) is 6.43 Å². The van der Waals surface area contributed by atoms with Crippen molar-refractivity contribution in [2.75, 3.05) is 0 Å². The summed E-state index contributed by atoms with van der Waals surface area (Å²) in [5.41, 5.74) is 5.75. The Hall–Kier alpha value is -0.450. The van der Waals surface area contributed by atoms with Crippen molar-refractivity contribution in [3.63, 3.8) is 0 Å². The molecular weight excluding hydrogens is 233 g/mol. The molecule has 0 fully saturated rings. The van der Waals surface area contributed by atoms with E-state index in [1.807, 2.05) is 0 Å². The number of alkyl halides is 2. The van der Waals surface area contributed by atoms with Crippen molar-refractivity contribution in [2.45, 2.75) is 19.4 Å². The zero-order valence-electron chi connectivity index (χ0n) is 7.48. The molecule has 0 saturated heterocycles. The van der Waals surface area contributed by atoms with Gasteiger partial charge in [-0.05, 0) is 19.1 Å². The van der Waals surface area contributed by atoms with Crippen molar-refractivity contribution in [3.05, 3.63) is 29.6 Å². The molecule has 1 aromatic rings. The molecule has 0 spiro atoms. The second-order valence-corrected chi connectivity index (χ2v) is 2.58. The monoisotopic (exact) mass is 244 g/mol. The Labute approximate surface area is 93.7 Å². The normalized spacial score (nSPS) is 11.5. The van der Waals surface area contributed by atoms with E-state index in [0.717, 1.165) is 0 Å². The first-order chi connectivity index (χ1) is 5.61. The number of hydrogen-bond acceptors (Lipinski definition) is 2. The predicted molar refractivity (Wildman–Crippen MR) is 56.3 cm³/mol. The number of halogens is 4. The Morgan fingerprint density at radius 2 is 1.71 bits per heavy atom. The van der Waals surface area contributed by atoms with Gasteiger partial charge >= 0.3 is 0 Å². The highest BCUT2D eigenvalue weighted by atomic mass is 35.5. The number of nitrogens with zero attached hydrogens (tertiary/aromatic N) is 1. The molecule has 14 heavy (non-hydrogen) atoms. The van der Waals surface area contributed by atoms with Crippen LogP contribution < -0.4 is 5.73 Å². The van der Waals surface area contributed by atoms with Crippen LogP contribution >= 0.6 is 24.8 Å². The molecular formula is C8H12Cl2F2N2. The molecule has 2 nitrogen and oxygen atoms in total. The van der Waals surface area contributed by atoms with Crippen molar-refractivity contribution in [1.82, 2.24) is 4.98 Å². The molecule has 1 heterocycles. The average molecular weight is 245 g/mol. The molecule has 6 heteroatoms. The topological polar surface area (TPSA) is 38.9 Å². The third-order valence-electron chi connectivity index (χ3n) is 1.48. The largest absolute Gasteiger partial charge is 0.323 e. The summed E-state index contributed by atoms with van der Waals surface area (Å²) in [5.74, 6) is 0. The first kappa shape index (κ1) is 16.0. The molecule has 0 amide bonds. The van der Waals surface area contributed by atoms with E-state index in [2.05, 4.69) is 4.98 Å². The third kappa shape index (κ3) is 4.17. The summed E-state index contributed by atoms with van der Waals surface area (Å²) in [6, 6.07) is 4.16. The molecule has 0 aromatic carbocycles. The van der Waals surface area contributed by atoms with Gasteiger partial charge in [0.2, 0.25) is 0 Å². The molecule has 2 N–H and O–H groups in total. The summed E-state index contributed by atoms with van der Waals surface area (Å²) >= 11 is 0. The van der Waals surface area contributed by atoms with Gasteiger partial charge in [-0.3, -0.25) is 4.98 Å². The molecule has 0 aliphatic rings. The SMILES string of the molecule is C[C@@H](N)c1cccc(C(F)F)n1.Cl.Cl. The molecule has 1 aromatic heterocycles. The number of aromatic nitrogens is 1. The van der Waals surface area contributed by atoms with Gasteiger partial charge in [-0.25, -0.2) is 8.78 Å². The molecule has 82 valence electrons. The zero-order chi connectivity index (χ0) is 9.14. The molecule has 0 saturated carbocycles.